The minimum Gasteiger partial charge on any atom is -0.462 e. The van der Waals surface area contributed by atoms with Crippen molar-refractivity contribution in [1.82, 2.24) is 0 Å². The number of carbonyl (C=O) groups excluding carboxylic acids is 2. The van der Waals surface area contributed by atoms with E-state index in [0.29, 0.717) is 19.3 Å². The molecular formula is C24H36O5. The van der Waals surface area contributed by atoms with E-state index in [0.717, 1.165) is 12.0 Å². The third kappa shape index (κ3) is 5.30. The van der Waals surface area contributed by atoms with Crippen molar-refractivity contribution in [2.45, 2.75) is 84.5 Å². The zero-order chi connectivity index (χ0) is 24.3. The topological polar surface area (TPSA) is 72.8 Å². The first-order chi connectivity index (χ1) is 15.5. The molecule has 1 N–H and O–H groups in total. The van der Waals surface area contributed by atoms with Gasteiger partial charge in [-0.2, -0.15) is 0 Å². The number of aliphatic hydroxyl groups is 1. The molecule has 3 rings (SSSR count). The van der Waals surface area contributed by atoms with E-state index in [9.17, 15) is 9.59 Å². The second-order valence-electron chi connectivity index (χ2n) is 8.97. The fourth-order valence-electron chi connectivity index (χ4n) is 5.02. The van der Waals surface area contributed by atoms with Crippen LogP contribution in [0, 0.1) is 29.6 Å². The monoisotopic (exact) mass is 408 g/mol. The highest BCUT2D eigenvalue weighted by Crippen LogP contribution is 2.45. The van der Waals surface area contributed by atoms with Crippen LogP contribution in [-0.2, 0) is 19.1 Å². The number of hydrogen-bond acceptors (Lipinski definition) is 5. The molecule has 3 aliphatic rings. The van der Waals surface area contributed by atoms with E-state index in [4.69, 9.17) is 15.0 Å². The van der Waals surface area contributed by atoms with Crippen LogP contribution < -0.4 is 0 Å². The number of ether oxygens (including phenoxy) is 2. The van der Waals surface area contributed by atoms with E-state index in [1.54, 1.807) is 6.92 Å². The molecule has 0 saturated carbocycles. The molecule has 1 heterocycles. The summed E-state index contributed by atoms with van der Waals surface area (Å²) < 4.78 is 41.7. The number of carbonyl (C=O) groups is 2. The number of rotatable bonds is 7. The maximum Gasteiger partial charge on any atom is 0.308 e. The molecule has 29 heavy (non-hydrogen) atoms. The molecular weight excluding hydrogens is 368 g/mol. The summed E-state index contributed by atoms with van der Waals surface area (Å²) >= 11 is 0. The lowest BCUT2D eigenvalue weighted by Crippen LogP contribution is -2.42. The maximum atomic E-state index is 12.9. The van der Waals surface area contributed by atoms with Crippen LogP contribution in [0.4, 0.5) is 0 Å². The van der Waals surface area contributed by atoms with Crippen LogP contribution in [0.25, 0.3) is 0 Å². The molecule has 0 spiro atoms. The van der Waals surface area contributed by atoms with E-state index in [1.165, 1.54) is 0 Å². The van der Waals surface area contributed by atoms with Crippen LogP contribution in [0.5, 0.6) is 0 Å². The smallest absolute Gasteiger partial charge is 0.308 e. The molecule has 0 aromatic heterocycles. The Morgan fingerprint density at radius 1 is 1.41 bits per heavy atom. The number of aliphatic hydroxyl groups excluding tert-OH is 1. The lowest BCUT2D eigenvalue weighted by atomic mass is 9.65. The minimum atomic E-state index is -2.38. The van der Waals surface area contributed by atoms with E-state index >= 15 is 0 Å². The highest BCUT2D eigenvalue weighted by Gasteiger charge is 2.42. The quantitative estimate of drug-likeness (QED) is 0.639. The number of esters is 2. The van der Waals surface area contributed by atoms with Crippen LogP contribution in [0.15, 0.2) is 23.8 Å². The third-order valence-electron chi connectivity index (χ3n) is 6.60. The molecule has 1 fully saturated rings. The predicted octanol–water partition coefficient (Wildman–Crippen LogP) is 4.20. The third-order valence-corrected chi connectivity index (χ3v) is 6.60. The Morgan fingerprint density at radius 3 is 2.97 bits per heavy atom. The standard InChI is InChI=1S/C24H36O5/c1-5-15(3)24(27)29-21-11-14(2)10-17-7-6-16(4)20(23(17)21)9-8-19-12-18(25)13-22(26)28-19/h6-7,10,14-16,18-21,23,25H,5,8-9,11-13H2,1-4H3/t14-,15-,16-,18+,19?,20-,21-,23-/m0/s1/i3D3,25D. The van der Waals surface area contributed by atoms with Gasteiger partial charge >= 0.3 is 11.9 Å². The number of fused-ring (bicyclic) bond motifs is 1. The summed E-state index contributed by atoms with van der Waals surface area (Å²) in [6.45, 7) is 3.52. The van der Waals surface area contributed by atoms with Gasteiger partial charge in [0.2, 0.25) is 1.43 Å². The van der Waals surface area contributed by atoms with Crippen molar-refractivity contribution in [2.24, 2.45) is 29.6 Å². The van der Waals surface area contributed by atoms with Crippen molar-refractivity contribution >= 4 is 11.9 Å². The van der Waals surface area contributed by atoms with Gasteiger partial charge in [-0.3, -0.25) is 9.59 Å². The Morgan fingerprint density at radius 2 is 2.24 bits per heavy atom. The van der Waals surface area contributed by atoms with Crippen LogP contribution in [0.3, 0.4) is 0 Å². The summed E-state index contributed by atoms with van der Waals surface area (Å²) in [5.74, 6) is -1.52. The van der Waals surface area contributed by atoms with Crippen LogP contribution in [-0.4, -0.2) is 36.8 Å². The molecule has 0 bridgehead atoms. The maximum absolute atomic E-state index is 12.9. The molecule has 0 aromatic rings. The summed E-state index contributed by atoms with van der Waals surface area (Å²) in [6, 6.07) is 0. The first-order valence-electron chi connectivity index (χ1n) is 12.9. The van der Waals surface area contributed by atoms with Crippen molar-refractivity contribution in [1.29, 1.82) is 1.43 Å². The highest BCUT2D eigenvalue weighted by molar-refractivity contribution is 5.72. The lowest BCUT2D eigenvalue weighted by molar-refractivity contribution is -0.162. The fourth-order valence-corrected chi connectivity index (χ4v) is 5.02. The molecule has 0 amide bonds. The molecule has 1 unspecified atom stereocenters. The van der Waals surface area contributed by atoms with Crippen molar-refractivity contribution in [2.75, 3.05) is 0 Å². The first-order valence-corrected chi connectivity index (χ1v) is 10.9. The summed E-state index contributed by atoms with van der Waals surface area (Å²) in [5, 5.41) is 4.65. The van der Waals surface area contributed by atoms with Gasteiger partial charge in [0.15, 0.2) is 0 Å². The Hall–Kier alpha value is -1.62. The van der Waals surface area contributed by atoms with Crippen LogP contribution >= 0.6 is 0 Å². The number of cyclic esters (lactones) is 1. The van der Waals surface area contributed by atoms with Gasteiger partial charge < -0.3 is 14.6 Å². The number of allylic oxidation sites excluding steroid dienone is 3. The van der Waals surface area contributed by atoms with Gasteiger partial charge in [-0.25, -0.2) is 0 Å². The molecule has 162 valence electrons. The summed E-state index contributed by atoms with van der Waals surface area (Å²) in [4.78, 5) is 24.7. The molecule has 1 aliphatic heterocycles. The van der Waals surface area contributed by atoms with E-state index in [1.807, 2.05) is 0 Å². The predicted molar refractivity (Wildman–Crippen MR) is 111 cm³/mol. The fraction of sp³-hybridized carbons (Fsp3) is 0.750. The van der Waals surface area contributed by atoms with Gasteiger partial charge in [-0.1, -0.05) is 45.9 Å². The van der Waals surface area contributed by atoms with Gasteiger partial charge in [0.05, 0.1) is 18.4 Å². The minimum absolute atomic E-state index is 0.0261. The van der Waals surface area contributed by atoms with Gasteiger partial charge in [0, 0.05) is 16.5 Å². The van der Waals surface area contributed by atoms with Gasteiger partial charge in [0.25, 0.3) is 0 Å². The van der Waals surface area contributed by atoms with Crippen molar-refractivity contribution in [3.8, 4) is 0 Å². The second kappa shape index (κ2) is 9.46. The average molecular weight is 409 g/mol. The summed E-state index contributed by atoms with van der Waals surface area (Å²) in [6.07, 6.45) is 8.24. The van der Waals surface area contributed by atoms with Crippen molar-refractivity contribution in [3.05, 3.63) is 23.8 Å². The van der Waals surface area contributed by atoms with Crippen LogP contribution in [0.2, 0.25) is 0 Å². The van der Waals surface area contributed by atoms with E-state index in [2.05, 4.69) is 37.2 Å². The van der Waals surface area contributed by atoms with Gasteiger partial charge in [-0.05, 0) is 49.0 Å². The Bertz CT molecular complexity index is 777. The average Bonchev–Trinajstić information content (AvgIpc) is 2.72. The zero-order valence-electron chi connectivity index (χ0n) is 21.6. The second-order valence-corrected chi connectivity index (χ2v) is 8.97. The first kappa shape index (κ1) is 17.1. The molecule has 8 atom stereocenters. The lowest BCUT2D eigenvalue weighted by Gasteiger charge is -2.43. The number of hydrogen-bond donors (Lipinski definition) is 1. The Balaban J connectivity index is 1.76. The van der Waals surface area contributed by atoms with Crippen molar-refractivity contribution in [3.63, 3.8) is 0 Å². The Kier molecular flexibility index (Phi) is 5.58. The van der Waals surface area contributed by atoms with E-state index in [-0.39, 0.29) is 54.7 Å². The molecule has 2 aliphatic carbocycles. The van der Waals surface area contributed by atoms with Crippen molar-refractivity contribution < 1.29 is 28.3 Å². The molecule has 0 aromatic carbocycles. The largest absolute Gasteiger partial charge is 0.462 e. The normalized spacial score (nSPS) is 40.3. The van der Waals surface area contributed by atoms with Gasteiger partial charge in [-0.15, -0.1) is 0 Å². The summed E-state index contributed by atoms with van der Waals surface area (Å²) in [7, 11) is 0. The molecule has 1 saturated heterocycles. The molecule has 0 radical (unpaired) electrons. The summed E-state index contributed by atoms with van der Waals surface area (Å²) in [5.41, 5.74) is 1.13. The molecule has 5 heteroatoms. The highest BCUT2D eigenvalue weighted by atomic mass is 16.5. The van der Waals surface area contributed by atoms with Crippen LogP contribution in [0.1, 0.15) is 70.3 Å². The molecule has 5 nitrogen and oxygen atoms in total. The zero-order valence-corrected chi connectivity index (χ0v) is 17.6. The Labute approximate surface area is 180 Å². The SMILES string of the molecule is [2H]O[C@H]1CC(=O)OC(CC[C@@H]2[C@@H]3C(=C[C@H](C)C[C@@H]3OC(=O)[C@H](CC)C([2H])([2H])[2H])C=C[C@@H]2C)C1. The van der Waals surface area contributed by atoms with E-state index < -0.39 is 24.8 Å². The van der Waals surface area contributed by atoms with Gasteiger partial charge in [0.1, 0.15) is 12.2 Å².